The van der Waals surface area contributed by atoms with Crippen LogP contribution >= 0.6 is 11.6 Å². The molecule has 0 fully saturated rings. The lowest BCUT2D eigenvalue weighted by Gasteiger charge is -2.09. The largest absolute Gasteiger partial charge is 0.369 e. The fourth-order valence-corrected chi connectivity index (χ4v) is 3.22. The third-order valence-corrected chi connectivity index (χ3v) is 4.35. The van der Waals surface area contributed by atoms with Gasteiger partial charge < -0.3 is 5.73 Å². The molecule has 5 heteroatoms. The van der Waals surface area contributed by atoms with E-state index in [2.05, 4.69) is 17.1 Å². The molecule has 1 aromatic heterocycles. The summed E-state index contributed by atoms with van der Waals surface area (Å²) in [4.78, 5) is 4.27. The van der Waals surface area contributed by atoms with E-state index in [4.69, 9.17) is 17.3 Å². The number of hydrogen-bond donors (Lipinski definition) is 1. The highest BCUT2D eigenvalue weighted by atomic mass is 35.5. The van der Waals surface area contributed by atoms with Crippen LogP contribution in [0.15, 0.2) is 30.3 Å². The molecule has 106 valence electrons. The number of aromatic nitrogens is 2. The number of hydrogen-bond acceptors (Lipinski definition) is 2. The van der Waals surface area contributed by atoms with Crippen molar-refractivity contribution in [2.45, 2.75) is 19.3 Å². The lowest BCUT2D eigenvalue weighted by Crippen LogP contribution is -2.01. The summed E-state index contributed by atoms with van der Waals surface area (Å²) in [5, 5.41) is 0.0566. The van der Waals surface area contributed by atoms with Crippen molar-refractivity contribution in [2.24, 2.45) is 0 Å². The Morgan fingerprint density at radius 2 is 1.95 bits per heavy atom. The summed E-state index contributed by atoms with van der Waals surface area (Å²) in [6, 6.07) is 9.14. The van der Waals surface area contributed by atoms with Crippen LogP contribution in [0.25, 0.3) is 16.7 Å². The third-order valence-electron chi connectivity index (χ3n) is 4.06. The second-order valence-corrected chi connectivity index (χ2v) is 5.77. The van der Waals surface area contributed by atoms with Gasteiger partial charge >= 0.3 is 0 Å². The highest BCUT2D eigenvalue weighted by Crippen LogP contribution is 2.30. The Morgan fingerprint density at radius 3 is 2.81 bits per heavy atom. The number of nitrogen functional groups attached to an aromatic ring is 1. The van der Waals surface area contributed by atoms with Crippen molar-refractivity contribution in [3.63, 3.8) is 0 Å². The Kier molecular flexibility index (Phi) is 2.69. The molecule has 3 nitrogen and oxygen atoms in total. The van der Waals surface area contributed by atoms with Gasteiger partial charge in [-0.05, 0) is 48.6 Å². The highest BCUT2D eigenvalue weighted by Gasteiger charge is 2.16. The number of anilines is 1. The molecule has 0 unspecified atom stereocenters. The molecule has 2 N–H and O–H groups in total. The Labute approximate surface area is 126 Å². The van der Waals surface area contributed by atoms with Crippen molar-refractivity contribution in [1.29, 1.82) is 0 Å². The zero-order chi connectivity index (χ0) is 14.6. The van der Waals surface area contributed by atoms with Crippen LogP contribution in [0.5, 0.6) is 0 Å². The SMILES string of the molecule is Nc1nc2cc(Cl)c(F)cc2n1-c1ccc2c(c1)CCC2. The van der Waals surface area contributed by atoms with Crippen LogP contribution in [-0.4, -0.2) is 9.55 Å². The summed E-state index contributed by atoms with van der Waals surface area (Å²) < 4.78 is 15.5. The summed E-state index contributed by atoms with van der Waals surface area (Å²) in [7, 11) is 0. The van der Waals surface area contributed by atoms with Gasteiger partial charge in [0.2, 0.25) is 5.95 Å². The average Bonchev–Trinajstić information content (AvgIpc) is 3.02. The summed E-state index contributed by atoms with van der Waals surface area (Å²) in [6.07, 6.45) is 3.39. The van der Waals surface area contributed by atoms with E-state index in [1.54, 1.807) is 4.57 Å². The number of nitrogens with two attached hydrogens (primary N) is 1. The molecule has 3 aromatic rings. The van der Waals surface area contributed by atoms with Crippen molar-refractivity contribution in [1.82, 2.24) is 9.55 Å². The van der Waals surface area contributed by atoms with E-state index < -0.39 is 5.82 Å². The Bertz CT molecular complexity index is 870. The van der Waals surface area contributed by atoms with Gasteiger partial charge in [-0.1, -0.05) is 17.7 Å². The summed E-state index contributed by atoms with van der Waals surface area (Å²) in [5.41, 5.74) is 10.9. The van der Waals surface area contributed by atoms with Crippen LogP contribution in [-0.2, 0) is 12.8 Å². The number of aryl methyl sites for hydroxylation is 2. The van der Waals surface area contributed by atoms with Gasteiger partial charge in [0, 0.05) is 11.8 Å². The third kappa shape index (κ3) is 1.90. The van der Waals surface area contributed by atoms with Gasteiger partial charge in [0.25, 0.3) is 0 Å². The molecule has 4 rings (SSSR count). The molecule has 0 amide bonds. The molecule has 0 aliphatic heterocycles. The first-order chi connectivity index (χ1) is 10.1. The minimum atomic E-state index is -0.466. The monoisotopic (exact) mass is 301 g/mol. The van der Waals surface area contributed by atoms with Gasteiger partial charge in [-0.2, -0.15) is 0 Å². The van der Waals surface area contributed by atoms with E-state index in [9.17, 15) is 4.39 Å². The second kappa shape index (κ2) is 4.46. The van der Waals surface area contributed by atoms with E-state index in [0.29, 0.717) is 17.0 Å². The maximum atomic E-state index is 13.8. The molecule has 0 spiro atoms. The van der Waals surface area contributed by atoms with Crippen LogP contribution in [0.4, 0.5) is 10.3 Å². The van der Waals surface area contributed by atoms with Gasteiger partial charge in [-0.3, -0.25) is 4.57 Å². The van der Waals surface area contributed by atoms with Crippen molar-refractivity contribution >= 4 is 28.6 Å². The zero-order valence-corrected chi connectivity index (χ0v) is 12.0. The maximum absolute atomic E-state index is 13.8. The van der Waals surface area contributed by atoms with Gasteiger partial charge in [0.15, 0.2) is 0 Å². The molecular formula is C16H13ClFN3. The Hall–Kier alpha value is -2.07. The van der Waals surface area contributed by atoms with E-state index in [0.717, 1.165) is 18.5 Å². The van der Waals surface area contributed by atoms with Gasteiger partial charge in [-0.15, -0.1) is 0 Å². The van der Waals surface area contributed by atoms with E-state index in [1.807, 2.05) is 6.07 Å². The van der Waals surface area contributed by atoms with Crippen molar-refractivity contribution in [2.75, 3.05) is 5.73 Å². The molecule has 0 radical (unpaired) electrons. The molecule has 1 heterocycles. The first kappa shape index (κ1) is 12.7. The lowest BCUT2D eigenvalue weighted by atomic mass is 10.1. The van der Waals surface area contributed by atoms with Gasteiger partial charge in [0.05, 0.1) is 16.1 Å². The molecule has 0 saturated carbocycles. The maximum Gasteiger partial charge on any atom is 0.205 e. The van der Waals surface area contributed by atoms with Crippen molar-refractivity contribution < 1.29 is 4.39 Å². The highest BCUT2D eigenvalue weighted by molar-refractivity contribution is 6.31. The molecule has 2 aromatic carbocycles. The zero-order valence-electron chi connectivity index (χ0n) is 11.2. The molecule has 1 aliphatic carbocycles. The normalized spacial score (nSPS) is 13.8. The lowest BCUT2D eigenvalue weighted by molar-refractivity contribution is 0.629. The van der Waals surface area contributed by atoms with E-state index >= 15 is 0 Å². The average molecular weight is 302 g/mol. The number of rotatable bonds is 1. The number of nitrogens with zero attached hydrogens (tertiary/aromatic N) is 2. The molecule has 1 aliphatic rings. The van der Waals surface area contributed by atoms with E-state index in [1.165, 1.54) is 29.7 Å². The summed E-state index contributed by atoms with van der Waals surface area (Å²) in [5.74, 6) is -0.129. The molecule has 0 atom stereocenters. The molecule has 0 bridgehead atoms. The van der Waals surface area contributed by atoms with Crippen LogP contribution < -0.4 is 5.73 Å². The minimum Gasteiger partial charge on any atom is -0.369 e. The van der Waals surface area contributed by atoms with Gasteiger partial charge in [0.1, 0.15) is 5.82 Å². The summed E-state index contributed by atoms with van der Waals surface area (Å²) in [6.45, 7) is 0. The molecule has 21 heavy (non-hydrogen) atoms. The smallest absolute Gasteiger partial charge is 0.205 e. The fraction of sp³-hybridized carbons (Fsp3) is 0.188. The van der Waals surface area contributed by atoms with Crippen LogP contribution in [0.3, 0.4) is 0 Å². The first-order valence-electron chi connectivity index (χ1n) is 6.88. The van der Waals surface area contributed by atoms with Gasteiger partial charge in [-0.25, -0.2) is 9.37 Å². The number of imidazole rings is 1. The first-order valence-corrected chi connectivity index (χ1v) is 7.26. The standard InChI is InChI=1S/C16H13ClFN3/c17-12-7-14-15(8-13(12)18)21(16(19)20-14)11-5-4-9-2-1-3-10(9)6-11/h4-8H,1-3H2,(H2,19,20). The second-order valence-electron chi connectivity index (χ2n) is 5.37. The van der Waals surface area contributed by atoms with Crippen molar-refractivity contribution in [3.8, 4) is 5.69 Å². The van der Waals surface area contributed by atoms with Crippen LogP contribution in [0.1, 0.15) is 17.5 Å². The number of fused-ring (bicyclic) bond motifs is 2. The Balaban J connectivity index is 1.97. The molecule has 0 saturated heterocycles. The minimum absolute atomic E-state index is 0.0566. The predicted molar refractivity (Wildman–Crippen MR) is 82.5 cm³/mol. The van der Waals surface area contributed by atoms with Crippen molar-refractivity contribution in [3.05, 3.63) is 52.3 Å². The van der Waals surface area contributed by atoms with E-state index in [-0.39, 0.29) is 5.02 Å². The number of benzene rings is 2. The molecular weight excluding hydrogens is 289 g/mol. The summed E-state index contributed by atoms with van der Waals surface area (Å²) >= 11 is 5.81. The fourth-order valence-electron chi connectivity index (χ4n) is 3.06. The predicted octanol–water partition coefficient (Wildman–Crippen LogP) is 3.89. The van der Waals surface area contributed by atoms with Crippen LogP contribution in [0.2, 0.25) is 5.02 Å². The number of halogens is 2. The van der Waals surface area contributed by atoms with Crippen LogP contribution in [0, 0.1) is 5.82 Å². The Morgan fingerprint density at radius 1 is 1.14 bits per heavy atom. The topological polar surface area (TPSA) is 43.8 Å². The quantitative estimate of drug-likeness (QED) is 0.741.